The number of hydrogen-bond donors (Lipinski definition) is 0. The van der Waals surface area contributed by atoms with Crippen LogP contribution in [0.3, 0.4) is 0 Å². The molecular formula is C20H14O4. The van der Waals surface area contributed by atoms with Crippen LogP contribution in [-0.2, 0) is 4.74 Å². The number of carbonyl (C=O) groups excluding carboxylic acids is 1. The lowest BCUT2D eigenvalue weighted by molar-refractivity contribution is 0.0556. The molecule has 0 saturated heterocycles. The molecule has 0 bridgehead atoms. The van der Waals surface area contributed by atoms with E-state index in [1.165, 1.54) is 0 Å². The maximum atomic E-state index is 12.3. The summed E-state index contributed by atoms with van der Waals surface area (Å²) in [5, 5.41) is 0.812. The van der Waals surface area contributed by atoms with Gasteiger partial charge in [-0.25, -0.2) is 9.59 Å². The van der Waals surface area contributed by atoms with Crippen LogP contribution in [0.25, 0.3) is 22.1 Å². The monoisotopic (exact) mass is 318 g/mol. The molecule has 118 valence electrons. The molecule has 1 aromatic heterocycles. The van der Waals surface area contributed by atoms with E-state index in [0.717, 1.165) is 5.39 Å². The predicted octanol–water partition coefficient (Wildman–Crippen LogP) is 3.56. The highest BCUT2D eigenvalue weighted by Gasteiger charge is 2.16. The van der Waals surface area contributed by atoms with Crippen molar-refractivity contribution in [3.63, 3.8) is 0 Å². The standard InChI is InChI=1S/C20H14O4/c1-3-11-23-19(21)16-9-6-8-15(13(16)2)17-12-14-7-4-5-10-18(14)24-20(17)22/h1,4-10,12H,11H2,2H3. The Kier molecular flexibility index (Phi) is 4.17. The van der Waals surface area contributed by atoms with Crippen LogP contribution >= 0.6 is 0 Å². The molecule has 3 rings (SSSR count). The SMILES string of the molecule is C#CCOC(=O)c1cccc(-c2cc3ccccc3oc2=O)c1C. The van der Waals surface area contributed by atoms with Crippen LogP contribution in [0.2, 0.25) is 0 Å². The summed E-state index contributed by atoms with van der Waals surface area (Å²) in [5.41, 5.74) is 2.11. The van der Waals surface area contributed by atoms with Gasteiger partial charge < -0.3 is 9.15 Å². The number of terminal acetylenes is 1. The zero-order chi connectivity index (χ0) is 17.1. The van der Waals surface area contributed by atoms with Gasteiger partial charge in [-0.2, -0.15) is 0 Å². The van der Waals surface area contributed by atoms with Gasteiger partial charge in [0.05, 0.1) is 11.1 Å². The molecule has 0 aliphatic carbocycles. The second kappa shape index (κ2) is 6.43. The average molecular weight is 318 g/mol. The molecule has 0 fully saturated rings. The van der Waals surface area contributed by atoms with E-state index in [4.69, 9.17) is 15.6 Å². The quantitative estimate of drug-likeness (QED) is 0.421. The molecule has 0 unspecified atom stereocenters. The Morgan fingerprint density at radius 2 is 1.96 bits per heavy atom. The second-order valence-corrected chi connectivity index (χ2v) is 5.24. The minimum atomic E-state index is -0.516. The second-order valence-electron chi connectivity index (χ2n) is 5.24. The van der Waals surface area contributed by atoms with Crippen molar-refractivity contribution in [1.29, 1.82) is 0 Å². The summed E-state index contributed by atoms with van der Waals surface area (Å²) >= 11 is 0. The van der Waals surface area contributed by atoms with Crippen LogP contribution in [0, 0.1) is 19.3 Å². The number of benzene rings is 2. The molecule has 24 heavy (non-hydrogen) atoms. The molecule has 3 aromatic rings. The number of esters is 1. The number of ether oxygens (including phenoxy) is 1. The summed E-state index contributed by atoms with van der Waals surface area (Å²) in [5.74, 6) is 1.74. The first kappa shape index (κ1) is 15.6. The first-order chi connectivity index (χ1) is 11.6. The topological polar surface area (TPSA) is 56.5 Å². The van der Waals surface area contributed by atoms with Gasteiger partial charge in [0.15, 0.2) is 6.61 Å². The van der Waals surface area contributed by atoms with Crippen molar-refractivity contribution in [2.24, 2.45) is 0 Å². The summed E-state index contributed by atoms with van der Waals surface area (Å²) < 4.78 is 10.3. The van der Waals surface area contributed by atoms with Gasteiger partial charge in [0.25, 0.3) is 0 Å². The van der Waals surface area contributed by atoms with E-state index in [2.05, 4.69) is 5.92 Å². The number of fused-ring (bicyclic) bond motifs is 1. The summed E-state index contributed by atoms with van der Waals surface area (Å²) in [7, 11) is 0. The smallest absolute Gasteiger partial charge is 0.344 e. The maximum absolute atomic E-state index is 12.3. The fourth-order valence-electron chi connectivity index (χ4n) is 2.58. The van der Waals surface area contributed by atoms with Crippen molar-refractivity contribution in [1.82, 2.24) is 0 Å². The fraction of sp³-hybridized carbons (Fsp3) is 0.100. The Morgan fingerprint density at radius 3 is 2.75 bits per heavy atom. The molecule has 2 aromatic carbocycles. The van der Waals surface area contributed by atoms with Crippen LogP contribution in [-0.4, -0.2) is 12.6 Å². The molecule has 0 spiro atoms. The predicted molar refractivity (Wildman–Crippen MR) is 91.8 cm³/mol. The van der Waals surface area contributed by atoms with E-state index < -0.39 is 11.6 Å². The molecule has 0 aliphatic rings. The van der Waals surface area contributed by atoms with E-state index >= 15 is 0 Å². The van der Waals surface area contributed by atoms with Crippen LogP contribution in [0.4, 0.5) is 0 Å². The minimum Gasteiger partial charge on any atom is -0.449 e. The lowest BCUT2D eigenvalue weighted by Gasteiger charge is -2.10. The van der Waals surface area contributed by atoms with Crippen LogP contribution in [0.1, 0.15) is 15.9 Å². The van der Waals surface area contributed by atoms with E-state index in [1.807, 2.05) is 12.1 Å². The van der Waals surface area contributed by atoms with Gasteiger partial charge in [-0.15, -0.1) is 6.42 Å². The van der Waals surface area contributed by atoms with Crippen LogP contribution in [0.5, 0.6) is 0 Å². The average Bonchev–Trinajstić information content (AvgIpc) is 2.59. The Hall–Kier alpha value is -3.32. The third-order valence-electron chi connectivity index (χ3n) is 3.77. The molecule has 1 heterocycles. The highest BCUT2D eigenvalue weighted by Crippen LogP contribution is 2.26. The fourth-order valence-corrected chi connectivity index (χ4v) is 2.58. The number of rotatable bonds is 3. The summed E-state index contributed by atoms with van der Waals surface area (Å²) in [4.78, 5) is 24.4. The first-order valence-electron chi connectivity index (χ1n) is 7.35. The molecule has 0 aliphatic heterocycles. The molecule has 0 amide bonds. The third kappa shape index (κ3) is 2.80. The number of para-hydroxylation sites is 1. The molecule has 0 saturated carbocycles. The summed E-state index contributed by atoms with van der Waals surface area (Å²) in [6.07, 6.45) is 5.11. The Morgan fingerprint density at radius 1 is 1.17 bits per heavy atom. The lowest BCUT2D eigenvalue weighted by Crippen LogP contribution is -2.10. The van der Waals surface area contributed by atoms with Crippen molar-refractivity contribution in [2.45, 2.75) is 6.92 Å². The zero-order valence-corrected chi connectivity index (χ0v) is 13.0. The van der Waals surface area contributed by atoms with E-state index in [0.29, 0.717) is 27.8 Å². The first-order valence-corrected chi connectivity index (χ1v) is 7.35. The molecule has 0 radical (unpaired) electrons. The van der Waals surface area contributed by atoms with Crippen molar-refractivity contribution in [3.05, 3.63) is 70.1 Å². The van der Waals surface area contributed by atoms with Gasteiger partial charge in [0.1, 0.15) is 5.58 Å². The van der Waals surface area contributed by atoms with Crippen LogP contribution < -0.4 is 5.63 Å². The van der Waals surface area contributed by atoms with Gasteiger partial charge in [0, 0.05) is 5.39 Å². The van der Waals surface area contributed by atoms with E-state index in [9.17, 15) is 9.59 Å². The normalized spacial score (nSPS) is 10.3. The Balaban J connectivity index is 2.14. The number of carbonyl (C=O) groups is 1. The van der Waals surface area contributed by atoms with Crippen LogP contribution in [0.15, 0.2) is 57.7 Å². The number of hydrogen-bond acceptors (Lipinski definition) is 4. The molecule has 0 N–H and O–H groups in total. The molecular weight excluding hydrogens is 304 g/mol. The highest BCUT2D eigenvalue weighted by atomic mass is 16.5. The van der Waals surface area contributed by atoms with Crippen molar-refractivity contribution < 1.29 is 13.9 Å². The summed E-state index contributed by atoms with van der Waals surface area (Å²) in [6.45, 7) is 1.66. The van der Waals surface area contributed by atoms with Gasteiger partial charge in [0.2, 0.25) is 0 Å². The highest BCUT2D eigenvalue weighted by molar-refractivity contribution is 5.94. The third-order valence-corrected chi connectivity index (χ3v) is 3.77. The largest absolute Gasteiger partial charge is 0.449 e. The summed E-state index contributed by atoms with van der Waals surface area (Å²) in [6, 6.07) is 14.1. The van der Waals surface area contributed by atoms with Crippen molar-refractivity contribution >= 4 is 16.9 Å². The van der Waals surface area contributed by atoms with Gasteiger partial charge in [-0.05, 0) is 36.2 Å². The molecule has 0 atom stereocenters. The van der Waals surface area contributed by atoms with Crippen molar-refractivity contribution in [2.75, 3.05) is 6.61 Å². The Labute approximate surface area is 138 Å². The van der Waals surface area contributed by atoms with E-state index in [1.54, 1.807) is 43.3 Å². The maximum Gasteiger partial charge on any atom is 0.344 e. The van der Waals surface area contributed by atoms with E-state index in [-0.39, 0.29) is 6.61 Å². The lowest BCUT2D eigenvalue weighted by atomic mass is 9.97. The van der Waals surface area contributed by atoms with Gasteiger partial charge in [-0.3, -0.25) is 0 Å². The zero-order valence-electron chi connectivity index (χ0n) is 13.0. The Bertz CT molecular complexity index is 1020. The van der Waals surface area contributed by atoms with Gasteiger partial charge in [-0.1, -0.05) is 36.3 Å². The minimum absolute atomic E-state index is 0.0966. The molecule has 4 heteroatoms. The van der Waals surface area contributed by atoms with Gasteiger partial charge >= 0.3 is 11.6 Å². The molecule has 4 nitrogen and oxygen atoms in total. The van der Waals surface area contributed by atoms with Crippen molar-refractivity contribution in [3.8, 4) is 23.5 Å².